The van der Waals surface area contributed by atoms with Crippen molar-refractivity contribution < 1.29 is 22.7 Å². The summed E-state index contributed by atoms with van der Waals surface area (Å²) in [7, 11) is -3.90. The first-order chi connectivity index (χ1) is 21.0. The Morgan fingerprint density at radius 1 is 0.977 bits per heavy atom. The minimum absolute atomic E-state index is 0.0277. The van der Waals surface area contributed by atoms with Crippen molar-refractivity contribution >= 4 is 39.2 Å². The number of carbonyl (C=O) groups is 2. The summed E-state index contributed by atoms with van der Waals surface area (Å²) in [6, 6.07) is 20.5. The summed E-state index contributed by atoms with van der Waals surface area (Å²) in [5.74, 6) is -0.348. The number of sulfonamides is 1. The second-order valence-corrected chi connectivity index (χ2v) is 11.7. The predicted octanol–water partition coefficient (Wildman–Crippen LogP) is 4.99. The van der Waals surface area contributed by atoms with Gasteiger partial charge in [-0.15, -0.1) is 0 Å². The summed E-state index contributed by atoms with van der Waals surface area (Å²) < 4.78 is 29.4. The Morgan fingerprint density at radius 3 is 2.30 bits per heavy atom. The number of nitrogens with zero attached hydrogens (tertiary/aromatic N) is 2. The molecule has 0 aliphatic heterocycles. The number of benzene rings is 3. The molecule has 0 aromatic heterocycles. The van der Waals surface area contributed by atoms with Crippen molar-refractivity contribution in [3.05, 3.63) is 78.4 Å². The first kappa shape index (κ1) is 34.2. The van der Waals surface area contributed by atoms with Crippen LogP contribution in [-0.4, -0.2) is 63.6 Å². The summed E-state index contributed by atoms with van der Waals surface area (Å²) in [4.78, 5) is 29.4. The number of anilines is 2. The van der Waals surface area contributed by atoms with E-state index in [0.717, 1.165) is 31.6 Å². The Labute approximate surface area is 259 Å². The van der Waals surface area contributed by atoms with E-state index < -0.39 is 22.3 Å². The molecule has 0 fully saturated rings. The van der Waals surface area contributed by atoms with Crippen molar-refractivity contribution in [2.75, 3.05) is 36.4 Å². The maximum absolute atomic E-state index is 13.1. The fourth-order valence-corrected chi connectivity index (χ4v) is 5.50. The first-order valence-corrected chi connectivity index (χ1v) is 16.2. The quantitative estimate of drug-likeness (QED) is 0.112. The highest BCUT2D eigenvalue weighted by atomic mass is 32.2. The largest absolute Gasteiger partial charge is 0.430 e. The highest BCUT2D eigenvalue weighted by Gasteiger charge is 2.18. The number of rotatable bonds is 14. The number of amidine groups is 1. The fourth-order valence-electron chi connectivity index (χ4n) is 4.74. The zero-order valence-corrected chi connectivity index (χ0v) is 26.5. The lowest BCUT2D eigenvalue weighted by Crippen LogP contribution is -2.40. The van der Waals surface area contributed by atoms with Crippen molar-refractivity contribution in [1.82, 2.24) is 10.2 Å². The minimum Gasteiger partial charge on any atom is -0.430 e. The molecule has 44 heavy (non-hydrogen) atoms. The van der Waals surface area contributed by atoms with E-state index in [-0.39, 0.29) is 23.2 Å². The van der Waals surface area contributed by atoms with Crippen molar-refractivity contribution in [2.45, 2.75) is 51.7 Å². The van der Waals surface area contributed by atoms with Crippen LogP contribution in [0.2, 0.25) is 0 Å². The number of nitrogens with two attached hydrogens (primary N) is 1. The summed E-state index contributed by atoms with van der Waals surface area (Å²) in [5, 5.41) is 19.2. The number of alkyl carbamates (subject to hydrolysis) is 1. The van der Waals surface area contributed by atoms with Gasteiger partial charge < -0.3 is 15.0 Å². The van der Waals surface area contributed by atoms with Crippen molar-refractivity contribution in [3.8, 4) is 11.1 Å². The molecule has 0 aliphatic carbocycles. The molecule has 0 saturated carbocycles. The van der Waals surface area contributed by atoms with Crippen LogP contribution in [0.25, 0.3) is 11.1 Å². The average Bonchev–Trinajstić information content (AvgIpc) is 2.99. The maximum atomic E-state index is 13.1. The average molecular weight is 623 g/mol. The van der Waals surface area contributed by atoms with Gasteiger partial charge in [0.15, 0.2) is 6.23 Å². The van der Waals surface area contributed by atoms with Crippen LogP contribution in [0.15, 0.2) is 77.7 Å². The molecular formula is C32H42N6O5S. The molecule has 11 nitrogen and oxygen atoms in total. The maximum Gasteiger partial charge on any atom is 0.414 e. The van der Waals surface area contributed by atoms with Gasteiger partial charge in [-0.05, 0) is 62.3 Å². The zero-order chi connectivity index (χ0) is 32.3. The third-order valence-electron chi connectivity index (χ3n) is 7.12. The highest BCUT2D eigenvalue weighted by molar-refractivity contribution is 7.89. The van der Waals surface area contributed by atoms with E-state index in [1.165, 1.54) is 6.07 Å². The van der Waals surface area contributed by atoms with Crippen molar-refractivity contribution in [1.29, 1.82) is 5.41 Å². The number of nitrogens with one attached hydrogen (secondary N) is 3. The van der Waals surface area contributed by atoms with E-state index in [9.17, 15) is 18.0 Å². The lowest BCUT2D eigenvalue weighted by atomic mass is 10.1. The number of primary sulfonamides is 1. The van der Waals surface area contributed by atoms with Crippen LogP contribution >= 0.6 is 0 Å². The number of unbranched alkanes of at least 4 members (excludes halogenated alkanes) is 1. The Morgan fingerprint density at radius 2 is 1.66 bits per heavy atom. The number of hydrogen-bond acceptors (Lipinski definition) is 8. The summed E-state index contributed by atoms with van der Waals surface area (Å²) in [5.41, 5.74) is 2.89. The van der Waals surface area contributed by atoms with E-state index in [1.54, 1.807) is 67.6 Å². The second kappa shape index (κ2) is 16.0. The molecule has 236 valence electrons. The van der Waals surface area contributed by atoms with Crippen LogP contribution in [0.3, 0.4) is 0 Å². The van der Waals surface area contributed by atoms with E-state index in [1.807, 2.05) is 29.7 Å². The molecule has 1 unspecified atom stereocenters. The fraction of sp³-hybridized carbons (Fsp3) is 0.344. The predicted molar refractivity (Wildman–Crippen MR) is 174 cm³/mol. The molecule has 0 aliphatic rings. The normalized spacial score (nSPS) is 12.0. The van der Waals surface area contributed by atoms with Gasteiger partial charge >= 0.3 is 6.09 Å². The molecule has 1 atom stereocenters. The second-order valence-electron chi connectivity index (χ2n) is 10.2. The van der Waals surface area contributed by atoms with Crippen LogP contribution in [0.5, 0.6) is 0 Å². The van der Waals surface area contributed by atoms with Gasteiger partial charge in [-0.2, -0.15) is 0 Å². The van der Waals surface area contributed by atoms with Gasteiger partial charge in [0.25, 0.3) is 0 Å². The van der Waals surface area contributed by atoms with Gasteiger partial charge in [-0.25, -0.2) is 18.4 Å². The molecule has 3 aromatic carbocycles. The van der Waals surface area contributed by atoms with Crippen molar-refractivity contribution in [2.24, 2.45) is 5.14 Å². The molecular weight excluding hydrogens is 580 g/mol. The molecule has 0 radical (unpaired) electrons. The SMILES string of the molecule is CCCCN(CC(=O)Nc1ccc(-c2ccccc2S(N)(=O)=O)cc1)c1cccc(C(=N)NC(=O)OC(C)N(CC)CC)c1. The molecule has 3 aromatic rings. The van der Waals surface area contributed by atoms with Gasteiger partial charge in [0, 0.05) is 29.0 Å². The Bertz CT molecular complexity index is 1540. The number of hydrogen-bond donors (Lipinski definition) is 4. The van der Waals surface area contributed by atoms with E-state index >= 15 is 0 Å². The highest BCUT2D eigenvalue weighted by Crippen LogP contribution is 2.27. The Kier molecular flexibility index (Phi) is 12.4. The van der Waals surface area contributed by atoms with Crippen LogP contribution in [0.4, 0.5) is 16.2 Å². The molecule has 12 heteroatoms. The summed E-state index contributed by atoms with van der Waals surface area (Å²) in [6.45, 7) is 9.94. The lowest BCUT2D eigenvalue weighted by molar-refractivity contribution is -0.115. The van der Waals surface area contributed by atoms with E-state index in [4.69, 9.17) is 15.3 Å². The van der Waals surface area contributed by atoms with Crippen molar-refractivity contribution in [3.63, 3.8) is 0 Å². The van der Waals surface area contributed by atoms with Crippen LogP contribution < -0.4 is 20.7 Å². The van der Waals surface area contributed by atoms with Crippen LogP contribution in [0.1, 0.15) is 46.1 Å². The molecule has 0 spiro atoms. The number of carbonyl (C=O) groups excluding carboxylic acids is 2. The lowest BCUT2D eigenvalue weighted by Gasteiger charge is -2.26. The van der Waals surface area contributed by atoms with E-state index in [2.05, 4.69) is 17.6 Å². The van der Waals surface area contributed by atoms with Gasteiger partial charge in [0.1, 0.15) is 5.84 Å². The zero-order valence-electron chi connectivity index (χ0n) is 25.7. The van der Waals surface area contributed by atoms with E-state index in [0.29, 0.717) is 28.9 Å². The van der Waals surface area contributed by atoms with Crippen LogP contribution in [0, 0.1) is 5.41 Å². The Balaban J connectivity index is 1.69. The standard InChI is InChI=1S/C32H42N6O5S/c1-5-8-20-38(27-13-11-12-25(21-27)31(33)36-32(40)43-23(4)37(6-2)7-3)22-30(39)35-26-18-16-24(17-19-26)28-14-9-10-15-29(28)44(34,41)42/h9-19,21,23H,5-8,20,22H2,1-4H3,(H,35,39)(H2,33,36,40)(H2,34,41,42). The molecule has 5 N–H and O–H groups in total. The third-order valence-corrected chi connectivity index (χ3v) is 8.09. The third kappa shape index (κ3) is 9.63. The van der Waals surface area contributed by atoms with Gasteiger partial charge in [0.05, 0.1) is 11.4 Å². The van der Waals surface area contributed by atoms with Crippen LogP contribution in [-0.2, 0) is 19.6 Å². The molecule has 0 saturated heterocycles. The van der Waals surface area contributed by atoms with Gasteiger partial charge in [0.2, 0.25) is 15.9 Å². The molecule has 0 heterocycles. The molecule has 0 bridgehead atoms. The Hall–Kier alpha value is -4.26. The minimum atomic E-state index is -3.90. The molecule has 3 rings (SSSR count). The number of ether oxygens (including phenoxy) is 1. The monoisotopic (exact) mass is 622 g/mol. The number of amides is 2. The topological polar surface area (TPSA) is 158 Å². The van der Waals surface area contributed by atoms with Gasteiger partial charge in [-0.3, -0.25) is 20.4 Å². The first-order valence-electron chi connectivity index (χ1n) is 14.6. The summed E-state index contributed by atoms with van der Waals surface area (Å²) >= 11 is 0. The van der Waals surface area contributed by atoms with Gasteiger partial charge in [-0.1, -0.05) is 69.7 Å². The molecule has 2 amide bonds. The summed E-state index contributed by atoms with van der Waals surface area (Å²) in [6.07, 6.45) is 0.635. The smallest absolute Gasteiger partial charge is 0.414 e.